The molecule has 0 saturated carbocycles. The summed E-state index contributed by atoms with van der Waals surface area (Å²) in [6, 6.07) is 21.0. The van der Waals surface area contributed by atoms with Gasteiger partial charge in [-0.2, -0.15) is 0 Å². The van der Waals surface area contributed by atoms with Crippen LogP contribution in [-0.4, -0.2) is 0 Å². The highest BCUT2D eigenvalue weighted by Gasteiger charge is 2.06. The van der Waals surface area contributed by atoms with Gasteiger partial charge in [-0.25, -0.2) is 0 Å². The third kappa shape index (κ3) is 1.74. The predicted molar refractivity (Wildman–Crippen MR) is 78.5 cm³/mol. The summed E-state index contributed by atoms with van der Waals surface area (Å²) in [6.45, 7) is 2.06. The molecule has 0 fully saturated rings. The van der Waals surface area contributed by atoms with Crippen LogP contribution in [0.4, 0.5) is 5.69 Å². The zero-order valence-electron chi connectivity index (χ0n) is 10.4. The van der Waals surface area contributed by atoms with Crippen molar-refractivity contribution in [2.24, 2.45) is 0 Å². The smallest absolute Gasteiger partial charge is 0.0396 e. The van der Waals surface area contributed by atoms with Crippen molar-refractivity contribution in [3.8, 4) is 11.1 Å². The fourth-order valence-electron chi connectivity index (χ4n) is 2.39. The first-order chi connectivity index (χ1) is 8.75. The minimum atomic E-state index is 0.839. The standard InChI is InChI=1S/C17H15N/c1-12-9-10-16(17(18)11-12)15-8-4-6-13-5-2-3-7-14(13)15/h2-11H,18H2,1H3. The van der Waals surface area contributed by atoms with Crippen molar-refractivity contribution >= 4 is 16.5 Å². The van der Waals surface area contributed by atoms with Gasteiger partial charge in [-0.3, -0.25) is 0 Å². The third-order valence-electron chi connectivity index (χ3n) is 3.29. The minimum Gasteiger partial charge on any atom is -0.398 e. The van der Waals surface area contributed by atoms with Crippen LogP contribution in [0.5, 0.6) is 0 Å². The first-order valence-electron chi connectivity index (χ1n) is 6.10. The highest BCUT2D eigenvalue weighted by atomic mass is 14.6. The molecule has 0 bridgehead atoms. The number of nitrogens with two attached hydrogens (primary N) is 1. The lowest BCUT2D eigenvalue weighted by Gasteiger charge is -2.10. The Morgan fingerprint density at radius 3 is 2.39 bits per heavy atom. The highest BCUT2D eigenvalue weighted by Crippen LogP contribution is 2.32. The van der Waals surface area contributed by atoms with Crippen LogP contribution in [0, 0.1) is 6.92 Å². The molecule has 18 heavy (non-hydrogen) atoms. The molecule has 0 saturated heterocycles. The van der Waals surface area contributed by atoms with E-state index in [0.717, 1.165) is 11.3 Å². The number of hydrogen-bond acceptors (Lipinski definition) is 1. The maximum Gasteiger partial charge on any atom is 0.0396 e. The number of anilines is 1. The van der Waals surface area contributed by atoms with E-state index in [1.807, 2.05) is 6.07 Å². The second-order valence-electron chi connectivity index (χ2n) is 4.62. The van der Waals surface area contributed by atoms with E-state index in [1.165, 1.54) is 21.9 Å². The molecule has 0 radical (unpaired) electrons. The molecular weight excluding hydrogens is 218 g/mol. The number of aryl methyl sites for hydroxylation is 1. The molecule has 0 heterocycles. The summed E-state index contributed by atoms with van der Waals surface area (Å²) in [7, 11) is 0. The molecule has 0 aliphatic heterocycles. The zero-order valence-corrected chi connectivity index (χ0v) is 10.4. The SMILES string of the molecule is Cc1ccc(-c2cccc3ccccc23)c(N)c1. The van der Waals surface area contributed by atoms with Gasteiger partial charge in [-0.1, -0.05) is 54.6 Å². The van der Waals surface area contributed by atoms with E-state index >= 15 is 0 Å². The van der Waals surface area contributed by atoms with Gasteiger partial charge in [0, 0.05) is 11.3 Å². The van der Waals surface area contributed by atoms with Crippen LogP contribution < -0.4 is 5.73 Å². The van der Waals surface area contributed by atoms with Gasteiger partial charge >= 0.3 is 0 Å². The molecule has 0 unspecified atom stereocenters. The lowest BCUT2D eigenvalue weighted by molar-refractivity contribution is 1.47. The van der Waals surface area contributed by atoms with Gasteiger partial charge < -0.3 is 5.73 Å². The molecule has 88 valence electrons. The first-order valence-corrected chi connectivity index (χ1v) is 6.10. The summed E-state index contributed by atoms with van der Waals surface area (Å²) in [5.74, 6) is 0. The van der Waals surface area contributed by atoms with E-state index in [2.05, 4.69) is 61.5 Å². The average molecular weight is 233 g/mol. The number of fused-ring (bicyclic) bond motifs is 1. The summed E-state index contributed by atoms with van der Waals surface area (Å²) in [5.41, 5.74) is 10.5. The molecule has 0 spiro atoms. The maximum absolute atomic E-state index is 6.14. The van der Waals surface area contributed by atoms with Crippen LogP contribution >= 0.6 is 0 Å². The Labute approximate surface area is 107 Å². The molecule has 0 aromatic heterocycles. The van der Waals surface area contributed by atoms with Gasteiger partial charge in [0.2, 0.25) is 0 Å². The lowest BCUT2D eigenvalue weighted by atomic mass is 9.96. The van der Waals surface area contributed by atoms with Crippen molar-refractivity contribution in [3.05, 3.63) is 66.2 Å². The second-order valence-corrected chi connectivity index (χ2v) is 4.62. The Morgan fingerprint density at radius 2 is 1.56 bits per heavy atom. The van der Waals surface area contributed by atoms with Crippen molar-refractivity contribution in [1.82, 2.24) is 0 Å². The summed E-state index contributed by atoms with van der Waals surface area (Å²) in [6.07, 6.45) is 0. The Kier molecular flexibility index (Phi) is 2.52. The largest absolute Gasteiger partial charge is 0.398 e. The Morgan fingerprint density at radius 1 is 0.778 bits per heavy atom. The third-order valence-corrected chi connectivity index (χ3v) is 3.29. The quantitative estimate of drug-likeness (QED) is 0.619. The summed E-state index contributed by atoms with van der Waals surface area (Å²) in [4.78, 5) is 0. The van der Waals surface area contributed by atoms with Gasteiger partial charge in [0.25, 0.3) is 0 Å². The van der Waals surface area contributed by atoms with E-state index in [-0.39, 0.29) is 0 Å². The zero-order chi connectivity index (χ0) is 12.5. The molecule has 3 rings (SSSR count). The number of hydrogen-bond donors (Lipinski definition) is 1. The average Bonchev–Trinajstić information content (AvgIpc) is 2.38. The summed E-state index contributed by atoms with van der Waals surface area (Å²) >= 11 is 0. The Bertz CT molecular complexity index is 708. The van der Waals surface area contributed by atoms with E-state index in [9.17, 15) is 0 Å². The van der Waals surface area contributed by atoms with Crippen LogP contribution in [0.2, 0.25) is 0 Å². The molecule has 1 heteroatoms. The van der Waals surface area contributed by atoms with Gasteiger partial charge in [0.15, 0.2) is 0 Å². The molecule has 0 atom stereocenters. The minimum absolute atomic E-state index is 0.839. The Hall–Kier alpha value is -2.28. The van der Waals surface area contributed by atoms with E-state index in [0.29, 0.717) is 0 Å². The van der Waals surface area contributed by atoms with Crippen molar-refractivity contribution in [1.29, 1.82) is 0 Å². The number of nitrogen functional groups attached to an aromatic ring is 1. The molecule has 3 aromatic carbocycles. The van der Waals surface area contributed by atoms with Gasteiger partial charge in [-0.15, -0.1) is 0 Å². The molecular formula is C17H15N. The van der Waals surface area contributed by atoms with Gasteiger partial charge in [0.1, 0.15) is 0 Å². The van der Waals surface area contributed by atoms with Crippen molar-refractivity contribution < 1.29 is 0 Å². The second kappa shape index (κ2) is 4.19. The van der Waals surface area contributed by atoms with E-state index in [4.69, 9.17) is 5.73 Å². The van der Waals surface area contributed by atoms with Crippen LogP contribution in [0.25, 0.3) is 21.9 Å². The molecule has 0 aliphatic rings. The molecule has 0 amide bonds. The molecule has 0 aliphatic carbocycles. The number of benzene rings is 3. The normalized spacial score (nSPS) is 10.7. The fraction of sp³-hybridized carbons (Fsp3) is 0.0588. The summed E-state index contributed by atoms with van der Waals surface area (Å²) < 4.78 is 0. The molecule has 1 nitrogen and oxygen atoms in total. The van der Waals surface area contributed by atoms with Crippen molar-refractivity contribution in [2.45, 2.75) is 6.92 Å². The fourth-order valence-corrected chi connectivity index (χ4v) is 2.39. The lowest BCUT2D eigenvalue weighted by Crippen LogP contribution is -1.91. The first kappa shape index (κ1) is 10.8. The van der Waals surface area contributed by atoms with Crippen molar-refractivity contribution in [3.63, 3.8) is 0 Å². The Balaban J connectivity index is 2.31. The van der Waals surface area contributed by atoms with Gasteiger partial charge in [-0.05, 0) is 34.9 Å². The topological polar surface area (TPSA) is 26.0 Å². The summed E-state index contributed by atoms with van der Waals surface area (Å²) in [5, 5.41) is 2.49. The highest BCUT2D eigenvalue weighted by molar-refractivity contribution is 5.99. The molecule has 2 N–H and O–H groups in total. The molecule has 3 aromatic rings. The van der Waals surface area contributed by atoms with E-state index < -0.39 is 0 Å². The van der Waals surface area contributed by atoms with Crippen LogP contribution in [-0.2, 0) is 0 Å². The van der Waals surface area contributed by atoms with Crippen LogP contribution in [0.1, 0.15) is 5.56 Å². The maximum atomic E-state index is 6.14. The monoisotopic (exact) mass is 233 g/mol. The predicted octanol–water partition coefficient (Wildman–Crippen LogP) is 4.40. The van der Waals surface area contributed by atoms with Crippen LogP contribution in [0.15, 0.2) is 60.7 Å². The number of rotatable bonds is 1. The van der Waals surface area contributed by atoms with Gasteiger partial charge in [0.05, 0.1) is 0 Å². The van der Waals surface area contributed by atoms with Crippen LogP contribution in [0.3, 0.4) is 0 Å². The van der Waals surface area contributed by atoms with E-state index in [1.54, 1.807) is 0 Å². The van der Waals surface area contributed by atoms with Crippen molar-refractivity contribution in [2.75, 3.05) is 5.73 Å².